The van der Waals surface area contributed by atoms with Crippen molar-refractivity contribution in [3.05, 3.63) is 23.0 Å². The SMILES string of the molecule is OCCCc1ccnc(Cl)c1O. The summed E-state index contributed by atoms with van der Waals surface area (Å²) in [4.78, 5) is 3.70. The molecule has 1 aromatic heterocycles. The van der Waals surface area contributed by atoms with Crippen LogP contribution in [0, 0.1) is 0 Å². The monoisotopic (exact) mass is 187 g/mol. The Hall–Kier alpha value is -0.800. The maximum absolute atomic E-state index is 9.35. The van der Waals surface area contributed by atoms with E-state index in [-0.39, 0.29) is 17.5 Å². The van der Waals surface area contributed by atoms with Gasteiger partial charge in [0.15, 0.2) is 10.9 Å². The topological polar surface area (TPSA) is 53.4 Å². The zero-order chi connectivity index (χ0) is 8.97. The molecular weight excluding hydrogens is 178 g/mol. The number of aryl methyl sites for hydroxylation is 1. The van der Waals surface area contributed by atoms with E-state index in [2.05, 4.69) is 4.98 Å². The Morgan fingerprint density at radius 3 is 2.92 bits per heavy atom. The lowest BCUT2D eigenvalue weighted by atomic mass is 10.1. The Kier molecular flexibility index (Phi) is 3.31. The molecule has 0 atom stereocenters. The summed E-state index contributed by atoms with van der Waals surface area (Å²) in [7, 11) is 0. The summed E-state index contributed by atoms with van der Waals surface area (Å²) in [6.45, 7) is 0.110. The molecule has 66 valence electrons. The minimum atomic E-state index is 0.0209. The first-order chi connectivity index (χ1) is 5.75. The lowest BCUT2D eigenvalue weighted by Crippen LogP contribution is -1.91. The van der Waals surface area contributed by atoms with Gasteiger partial charge in [-0.25, -0.2) is 4.98 Å². The molecule has 0 radical (unpaired) electrons. The fraction of sp³-hybridized carbons (Fsp3) is 0.375. The van der Waals surface area contributed by atoms with Crippen molar-refractivity contribution >= 4 is 11.6 Å². The van der Waals surface area contributed by atoms with Crippen LogP contribution in [0.15, 0.2) is 12.3 Å². The molecule has 4 heteroatoms. The number of aliphatic hydroxyl groups is 1. The second-order valence-electron chi connectivity index (χ2n) is 2.44. The van der Waals surface area contributed by atoms with Crippen molar-refractivity contribution in [1.82, 2.24) is 4.98 Å². The van der Waals surface area contributed by atoms with E-state index in [4.69, 9.17) is 16.7 Å². The number of aromatic nitrogens is 1. The number of aliphatic hydroxyl groups excluding tert-OH is 1. The first-order valence-corrected chi connectivity index (χ1v) is 4.06. The zero-order valence-corrected chi connectivity index (χ0v) is 7.25. The second-order valence-corrected chi connectivity index (χ2v) is 2.79. The molecule has 0 fully saturated rings. The van der Waals surface area contributed by atoms with Crippen LogP contribution < -0.4 is 0 Å². The third kappa shape index (κ3) is 2.09. The first kappa shape index (κ1) is 9.29. The van der Waals surface area contributed by atoms with Gasteiger partial charge in [-0.1, -0.05) is 11.6 Å². The van der Waals surface area contributed by atoms with Crippen LogP contribution in [-0.2, 0) is 6.42 Å². The summed E-state index contributed by atoms with van der Waals surface area (Å²) >= 11 is 5.57. The van der Waals surface area contributed by atoms with E-state index in [1.165, 1.54) is 6.20 Å². The van der Waals surface area contributed by atoms with Crippen molar-refractivity contribution in [3.8, 4) is 5.75 Å². The van der Waals surface area contributed by atoms with Crippen LogP contribution in [0.4, 0.5) is 0 Å². The Balaban J connectivity index is 2.78. The zero-order valence-electron chi connectivity index (χ0n) is 6.50. The van der Waals surface area contributed by atoms with Crippen molar-refractivity contribution in [2.45, 2.75) is 12.8 Å². The van der Waals surface area contributed by atoms with Crippen LogP contribution in [0.2, 0.25) is 5.15 Å². The number of pyridine rings is 1. The third-order valence-corrected chi connectivity index (χ3v) is 1.84. The molecule has 0 aliphatic rings. The molecule has 2 N–H and O–H groups in total. The summed E-state index contributed by atoms with van der Waals surface area (Å²) in [6, 6.07) is 1.69. The first-order valence-electron chi connectivity index (χ1n) is 3.69. The highest BCUT2D eigenvalue weighted by atomic mass is 35.5. The lowest BCUT2D eigenvalue weighted by Gasteiger charge is -2.02. The fourth-order valence-corrected chi connectivity index (χ4v) is 1.11. The molecule has 0 saturated heterocycles. The van der Waals surface area contributed by atoms with Crippen molar-refractivity contribution in [2.75, 3.05) is 6.61 Å². The van der Waals surface area contributed by atoms with Gasteiger partial charge < -0.3 is 10.2 Å². The Labute approximate surface area is 75.6 Å². The highest BCUT2D eigenvalue weighted by molar-refractivity contribution is 6.30. The number of hydrogen-bond donors (Lipinski definition) is 2. The summed E-state index contributed by atoms with van der Waals surface area (Å²) in [5, 5.41) is 18.0. The van der Waals surface area contributed by atoms with E-state index in [1.54, 1.807) is 6.07 Å². The van der Waals surface area contributed by atoms with E-state index >= 15 is 0 Å². The molecule has 0 saturated carbocycles. The van der Waals surface area contributed by atoms with Gasteiger partial charge in [0, 0.05) is 12.8 Å². The van der Waals surface area contributed by atoms with Gasteiger partial charge in [0.05, 0.1) is 0 Å². The lowest BCUT2D eigenvalue weighted by molar-refractivity contribution is 0.288. The predicted molar refractivity (Wildman–Crippen MR) is 46.3 cm³/mol. The standard InChI is InChI=1S/C8H10ClNO2/c9-8-7(12)6(2-1-5-11)3-4-10-8/h3-4,11-12H,1-2,5H2. The van der Waals surface area contributed by atoms with Crippen LogP contribution in [0.1, 0.15) is 12.0 Å². The van der Waals surface area contributed by atoms with Crippen molar-refractivity contribution in [1.29, 1.82) is 0 Å². The van der Waals surface area contributed by atoms with Crippen molar-refractivity contribution < 1.29 is 10.2 Å². The number of rotatable bonds is 3. The van der Waals surface area contributed by atoms with Crippen LogP contribution in [-0.4, -0.2) is 21.8 Å². The average molecular weight is 188 g/mol. The van der Waals surface area contributed by atoms with E-state index in [0.29, 0.717) is 12.8 Å². The summed E-state index contributed by atoms with van der Waals surface area (Å²) < 4.78 is 0. The minimum Gasteiger partial charge on any atom is -0.504 e. The maximum Gasteiger partial charge on any atom is 0.171 e. The normalized spacial score (nSPS) is 10.2. The smallest absolute Gasteiger partial charge is 0.171 e. The fourth-order valence-electron chi connectivity index (χ4n) is 0.936. The molecule has 1 rings (SSSR count). The Morgan fingerprint density at radius 1 is 1.50 bits per heavy atom. The van der Waals surface area contributed by atoms with Crippen LogP contribution in [0.25, 0.3) is 0 Å². The average Bonchev–Trinajstić information content (AvgIpc) is 2.08. The third-order valence-electron chi connectivity index (χ3n) is 1.57. The quantitative estimate of drug-likeness (QED) is 0.703. The molecule has 0 aromatic carbocycles. The molecule has 0 amide bonds. The molecule has 12 heavy (non-hydrogen) atoms. The van der Waals surface area contributed by atoms with E-state index < -0.39 is 0 Å². The summed E-state index contributed by atoms with van der Waals surface area (Å²) in [5.41, 5.74) is 0.726. The highest BCUT2D eigenvalue weighted by Crippen LogP contribution is 2.25. The molecule has 3 nitrogen and oxygen atoms in total. The summed E-state index contributed by atoms with van der Waals surface area (Å²) in [6.07, 6.45) is 2.77. The van der Waals surface area contributed by atoms with Gasteiger partial charge in [0.2, 0.25) is 0 Å². The number of halogens is 1. The number of nitrogens with zero attached hydrogens (tertiary/aromatic N) is 1. The van der Waals surface area contributed by atoms with Gasteiger partial charge in [0.25, 0.3) is 0 Å². The predicted octanol–water partition coefficient (Wildman–Crippen LogP) is 1.37. The molecule has 1 heterocycles. The summed E-state index contributed by atoms with van der Waals surface area (Å²) in [5.74, 6) is 0.0209. The largest absolute Gasteiger partial charge is 0.504 e. The van der Waals surface area contributed by atoms with E-state index in [0.717, 1.165) is 5.56 Å². The molecule has 1 aromatic rings. The van der Waals surface area contributed by atoms with E-state index in [1.807, 2.05) is 0 Å². The Morgan fingerprint density at radius 2 is 2.25 bits per heavy atom. The van der Waals surface area contributed by atoms with Crippen molar-refractivity contribution in [3.63, 3.8) is 0 Å². The van der Waals surface area contributed by atoms with Crippen LogP contribution >= 0.6 is 11.6 Å². The molecule has 0 spiro atoms. The number of hydrogen-bond acceptors (Lipinski definition) is 3. The van der Waals surface area contributed by atoms with Gasteiger partial charge in [-0.2, -0.15) is 0 Å². The molecule has 0 aliphatic carbocycles. The molecule has 0 aliphatic heterocycles. The van der Waals surface area contributed by atoms with Gasteiger partial charge in [-0.15, -0.1) is 0 Å². The maximum atomic E-state index is 9.35. The van der Waals surface area contributed by atoms with Gasteiger partial charge in [0.1, 0.15) is 0 Å². The highest BCUT2D eigenvalue weighted by Gasteiger charge is 2.04. The Bertz CT molecular complexity index is 265. The molecule has 0 unspecified atom stereocenters. The van der Waals surface area contributed by atoms with Crippen LogP contribution in [0.5, 0.6) is 5.75 Å². The minimum absolute atomic E-state index is 0.0209. The van der Waals surface area contributed by atoms with Gasteiger partial charge in [-0.3, -0.25) is 0 Å². The number of aromatic hydroxyl groups is 1. The van der Waals surface area contributed by atoms with Crippen LogP contribution in [0.3, 0.4) is 0 Å². The van der Waals surface area contributed by atoms with E-state index in [9.17, 15) is 5.11 Å². The van der Waals surface area contributed by atoms with Crippen molar-refractivity contribution in [2.24, 2.45) is 0 Å². The molecule has 0 bridgehead atoms. The van der Waals surface area contributed by atoms with Gasteiger partial charge >= 0.3 is 0 Å². The van der Waals surface area contributed by atoms with Gasteiger partial charge in [-0.05, 0) is 24.5 Å². The molecular formula is C8H10ClNO2. The second kappa shape index (κ2) is 4.28.